The Hall–Kier alpha value is -0.820. The molecule has 1 nitrogen and oxygen atoms in total. The summed E-state index contributed by atoms with van der Waals surface area (Å²) >= 11 is 0. The van der Waals surface area contributed by atoms with E-state index in [1.54, 1.807) is 11.1 Å². The molecule has 100 valence electrons. The molecule has 1 aromatic carbocycles. The fourth-order valence-corrected chi connectivity index (χ4v) is 3.29. The molecule has 0 amide bonds. The molecular weight excluding hydrogens is 220 g/mol. The second kappa shape index (κ2) is 5.88. The van der Waals surface area contributed by atoms with E-state index in [0.29, 0.717) is 11.8 Å². The first-order chi connectivity index (χ1) is 8.63. The Kier molecular flexibility index (Phi) is 4.45. The van der Waals surface area contributed by atoms with Crippen molar-refractivity contribution in [2.75, 3.05) is 13.2 Å². The molecule has 1 aromatic rings. The lowest BCUT2D eigenvalue weighted by molar-refractivity contribution is 0.0853. The molecule has 0 atom stereocenters. The van der Waals surface area contributed by atoms with Crippen LogP contribution in [0.5, 0.6) is 0 Å². The summed E-state index contributed by atoms with van der Waals surface area (Å²) in [5, 5.41) is 0. The molecule has 0 saturated carbocycles. The summed E-state index contributed by atoms with van der Waals surface area (Å²) in [6.45, 7) is 11.0. The van der Waals surface area contributed by atoms with Crippen LogP contribution in [0, 0.1) is 6.92 Å². The summed E-state index contributed by atoms with van der Waals surface area (Å²) in [5.74, 6) is 1.34. The van der Waals surface area contributed by atoms with E-state index in [1.807, 2.05) is 0 Å². The van der Waals surface area contributed by atoms with Gasteiger partial charge in [0, 0.05) is 13.2 Å². The minimum Gasteiger partial charge on any atom is -0.381 e. The van der Waals surface area contributed by atoms with Crippen molar-refractivity contribution in [3.63, 3.8) is 0 Å². The number of hydrogen-bond donors (Lipinski definition) is 0. The topological polar surface area (TPSA) is 9.23 Å². The molecule has 1 heterocycles. The molecule has 2 rings (SSSR count). The maximum atomic E-state index is 5.47. The molecule has 1 saturated heterocycles. The van der Waals surface area contributed by atoms with Crippen LogP contribution in [-0.4, -0.2) is 13.2 Å². The largest absolute Gasteiger partial charge is 0.381 e. The van der Waals surface area contributed by atoms with E-state index in [4.69, 9.17) is 4.74 Å². The first-order valence-electron chi connectivity index (χ1n) is 7.34. The van der Waals surface area contributed by atoms with E-state index in [-0.39, 0.29) is 0 Å². The van der Waals surface area contributed by atoms with Crippen molar-refractivity contribution in [2.45, 2.75) is 58.8 Å². The fourth-order valence-electron chi connectivity index (χ4n) is 3.29. The summed E-state index contributed by atoms with van der Waals surface area (Å²) in [6, 6.07) is 4.88. The number of aryl methyl sites for hydroxylation is 2. The number of benzene rings is 1. The van der Waals surface area contributed by atoms with E-state index < -0.39 is 0 Å². The summed E-state index contributed by atoms with van der Waals surface area (Å²) in [4.78, 5) is 0. The molecule has 0 aliphatic carbocycles. The van der Waals surface area contributed by atoms with Gasteiger partial charge in [-0.05, 0) is 60.3 Å². The van der Waals surface area contributed by atoms with Crippen molar-refractivity contribution in [3.8, 4) is 0 Å². The molecule has 1 fully saturated rings. The van der Waals surface area contributed by atoms with Crippen LogP contribution in [0.15, 0.2) is 12.1 Å². The van der Waals surface area contributed by atoms with E-state index in [9.17, 15) is 0 Å². The van der Waals surface area contributed by atoms with Crippen LogP contribution in [0.2, 0.25) is 0 Å². The average molecular weight is 246 g/mol. The van der Waals surface area contributed by atoms with Crippen molar-refractivity contribution < 1.29 is 4.74 Å². The van der Waals surface area contributed by atoms with E-state index >= 15 is 0 Å². The molecule has 1 aliphatic rings. The zero-order valence-corrected chi connectivity index (χ0v) is 12.3. The predicted octanol–water partition coefficient (Wildman–Crippen LogP) is 4.57. The van der Waals surface area contributed by atoms with E-state index in [1.165, 1.54) is 24.0 Å². The monoisotopic (exact) mass is 246 g/mol. The van der Waals surface area contributed by atoms with Crippen LogP contribution < -0.4 is 0 Å². The third-order valence-corrected chi connectivity index (χ3v) is 4.15. The lowest BCUT2D eigenvalue weighted by Crippen LogP contribution is -2.15. The van der Waals surface area contributed by atoms with Crippen molar-refractivity contribution in [3.05, 3.63) is 34.4 Å². The highest BCUT2D eigenvalue weighted by Crippen LogP contribution is 2.32. The van der Waals surface area contributed by atoms with Gasteiger partial charge in [0.15, 0.2) is 0 Å². The Morgan fingerprint density at radius 1 is 1.22 bits per heavy atom. The Bertz CT molecular complexity index is 400. The van der Waals surface area contributed by atoms with Gasteiger partial charge in [0.2, 0.25) is 0 Å². The van der Waals surface area contributed by atoms with E-state index in [0.717, 1.165) is 19.6 Å². The van der Waals surface area contributed by atoms with Gasteiger partial charge in [0.1, 0.15) is 0 Å². The molecule has 1 aliphatic heterocycles. The van der Waals surface area contributed by atoms with Gasteiger partial charge in [-0.15, -0.1) is 0 Å². The van der Waals surface area contributed by atoms with Gasteiger partial charge in [0.25, 0.3) is 0 Å². The van der Waals surface area contributed by atoms with E-state index in [2.05, 4.69) is 39.8 Å². The lowest BCUT2D eigenvalue weighted by Gasteiger charge is -2.25. The molecule has 1 heteroatoms. The quantitative estimate of drug-likeness (QED) is 0.759. The molecule has 0 N–H and O–H groups in total. The molecule has 0 aromatic heterocycles. The molecular formula is C17H26O. The van der Waals surface area contributed by atoms with Gasteiger partial charge in [-0.1, -0.05) is 32.9 Å². The Labute approximate surface area is 112 Å². The Morgan fingerprint density at radius 2 is 1.89 bits per heavy atom. The second-order valence-electron chi connectivity index (χ2n) is 5.81. The van der Waals surface area contributed by atoms with Crippen LogP contribution in [0.25, 0.3) is 0 Å². The van der Waals surface area contributed by atoms with Crippen molar-refractivity contribution in [1.82, 2.24) is 0 Å². The summed E-state index contributed by atoms with van der Waals surface area (Å²) in [5.41, 5.74) is 6.13. The summed E-state index contributed by atoms with van der Waals surface area (Å²) in [6.07, 6.45) is 3.51. The zero-order chi connectivity index (χ0) is 13.1. The molecule has 0 bridgehead atoms. The zero-order valence-electron chi connectivity index (χ0n) is 12.3. The third-order valence-electron chi connectivity index (χ3n) is 4.15. The smallest absolute Gasteiger partial charge is 0.0471 e. The standard InChI is InChI=1S/C17H26O/c1-5-14-11-16(15-6-8-18-9-7-15)10-13(4)17(14)12(2)3/h10-12,15H,5-9H2,1-4H3. The van der Waals surface area contributed by atoms with Crippen molar-refractivity contribution in [2.24, 2.45) is 0 Å². The number of ether oxygens (including phenoxy) is 1. The molecule has 0 unspecified atom stereocenters. The molecule has 0 spiro atoms. The highest BCUT2D eigenvalue weighted by atomic mass is 16.5. The van der Waals surface area contributed by atoms with Gasteiger partial charge in [-0.25, -0.2) is 0 Å². The molecule has 18 heavy (non-hydrogen) atoms. The Balaban J connectivity index is 2.35. The molecule has 0 radical (unpaired) electrons. The van der Waals surface area contributed by atoms with Crippen LogP contribution in [-0.2, 0) is 11.2 Å². The minimum absolute atomic E-state index is 0.628. The SMILES string of the molecule is CCc1cc(C2CCOCC2)cc(C)c1C(C)C. The van der Waals surface area contributed by atoms with Gasteiger partial charge in [0.05, 0.1) is 0 Å². The van der Waals surface area contributed by atoms with Crippen LogP contribution >= 0.6 is 0 Å². The Morgan fingerprint density at radius 3 is 2.44 bits per heavy atom. The maximum absolute atomic E-state index is 5.47. The van der Waals surface area contributed by atoms with Gasteiger partial charge in [-0.3, -0.25) is 0 Å². The van der Waals surface area contributed by atoms with Gasteiger partial charge in [-0.2, -0.15) is 0 Å². The van der Waals surface area contributed by atoms with Gasteiger partial charge < -0.3 is 4.74 Å². The summed E-state index contributed by atoms with van der Waals surface area (Å²) < 4.78 is 5.47. The van der Waals surface area contributed by atoms with Crippen molar-refractivity contribution >= 4 is 0 Å². The first kappa shape index (κ1) is 13.6. The third kappa shape index (κ3) is 2.77. The van der Waals surface area contributed by atoms with Crippen molar-refractivity contribution in [1.29, 1.82) is 0 Å². The highest BCUT2D eigenvalue weighted by molar-refractivity contribution is 5.42. The maximum Gasteiger partial charge on any atom is 0.0471 e. The van der Waals surface area contributed by atoms with Gasteiger partial charge >= 0.3 is 0 Å². The second-order valence-corrected chi connectivity index (χ2v) is 5.81. The number of rotatable bonds is 3. The summed E-state index contributed by atoms with van der Waals surface area (Å²) in [7, 11) is 0. The number of hydrogen-bond acceptors (Lipinski definition) is 1. The normalized spacial score (nSPS) is 17.4. The van der Waals surface area contributed by atoms with Crippen LogP contribution in [0.4, 0.5) is 0 Å². The average Bonchev–Trinajstić information content (AvgIpc) is 2.38. The highest BCUT2D eigenvalue weighted by Gasteiger charge is 2.18. The minimum atomic E-state index is 0.628. The van der Waals surface area contributed by atoms with Crippen LogP contribution in [0.1, 0.15) is 67.7 Å². The fraction of sp³-hybridized carbons (Fsp3) is 0.647. The lowest BCUT2D eigenvalue weighted by atomic mass is 9.84. The first-order valence-corrected chi connectivity index (χ1v) is 7.34. The predicted molar refractivity (Wildman–Crippen MR) is 77.4 cm³/mol. The van der Waals surface area contributed by atoms with Crippen LogP contribution in [0.3, 0.4) is 0 Å².